The lowest BCUT2D eigenvalue weighted by Crippen LogP contribution is -2.30. The minimum atomic E-state index is -4.96. The van der Waals surface area contributed by atoms with Crippen molar-refractivity contribution >= 4 is 39.5 Å². The highest BCUT2D eigenvalue weighted by Gasteiger charge is 2.30. The Balaban J connectivity index is 5.26. The first kappa shape index (κ1) is 98.1. The number of ether oxygens (including phenoxy) is 4. The van der Waals surface area contributed by atoms with E-state index >= 15 is 0 Å². The predicted octanol–water partition coefficient (Wildman–Crippen LogP) is 24.1. The van der Waals surface area contributed by atoms with Gasteiger partial charge in [-0.25, -0.2) is 9.13 Å². The molecule has 0 fully saturated rings. The Bertz CT molecular complexity index is 1940. The average molecular weight is 1470 g/mol. The maximum Gasteiger partial charge on any atom is 0.472 e. The molecule has 0 aliphatic carbocycles. The summed E-state index contributed by atoms with van der Waals surface area (Å²) in [5, 5.41) is 10.6. The van der Waals surface area contributed by atoms with E-state index in [1.807, 2.05) is 0 Å². The molecule has 0 spiro atoms. The Kier molecular flexibility index (Phi) is 69.9. The smallest absolute Gasteiger partial charge is 0.462 e. The second-order valence-electron chi connectivity index (χ2n) is 30.6. The molecule has 0 aliphatic heterocycles. The van der Waals surface area contributed by atoms with Crippen molar-refractivity contribution in [2.75, 3.05) is 39.6 Å². The van der Waals surface area contributed by atoms with Crippen LogP contribution in [0.1, 0.15) is 421 Å². The number of carbonyl (C=O) groups excluding carboxylic acids is 4. The lowest BCUT2D eigenvalue weighted by Gasteiger charge is -2.21. The molecular formula is C81H158O17P2. The Morgan fingerprint density at radius 2 is 0.460 bits per heavy atom. The van der Waals surface area contributed by atoms with Crippen LogP contribution in [0, 0.1) is 17.8 Å². The maximum atomic E-state index is 13.1. The van der Waals surface area contributed by atoms with Gasteiger partial charge in [-0.3, -0.25) is 37.3 Å². The summed E-state index contributed by atoms with van der Waals surface area (Å²) < 4.78 is 68.8. The van der Waals surface area contributed by atoms with Crippen molar-refractivity contribution < 1.29 is 80.2 Å². The number of aliphatic hydroxyl groups excluding tert-OH is 1. The summed E-state index contributed by atoms with van der Waals surface area (Å²) in [5.41, 5.74) is 0. The van der Waals surface area contributed by atoms with E-state index in [0.717, 1.165) is 108 Å². The number of esters is 4. The van der Waals surface area contributed by atoms with Crippen LogP contribution < -0.4 is 0 Å². The van der Waals surface area contributed by atoms with E-state index in [-0.39, 0.29) is 25.7 Å². The van der Waals surface area contributed by atoms with E-state index < -0.39 is 97.5 Å². The molecule has 0 radical (unpaired) electrons. The first-order valence-corrected chi connectivity index (χ1v) is 44.8. The van der Waals surface area contributed by atoms with E-state index in [1.54, 1.807) is 0 Å². The quantitative estimate of drug-likeness (QED) is 0.0222. The molecule has 100 heavy (non-hydrogen) atoms. The van der Waals surface area contributed by atoms with Crippen LogP contribution in [-0.4, -0.2) is 96.7 Å². The third kappa shape index (κ3) is 74.3. The highest BCUT2D eigenvalue weighted by atomic mass is 31.2. The van der Waals surface area contributed by atoms with Gasteiger partial charge in [0.2, 0.25) is 0 Å². The zero-order valence-corrected chi connectivity index (χ0v) is 67.5. The van der Waals surface area contributed by atoms with Crippen molar-refractivity contribution in [3.8, 4) is 0 Å². The van der Waals surface area contributed by atoms with Gasteiger partial charge in [-0.1, -0.05) is 370 Å². The van der Waals surface area contributed by atoms with Gasteiger partial charge in [0.05, 0.1) is 26.4 Å². The van der Waals surface area contributed by atoms with Gasteiger partial charge in [0.1, 0.15) is 19.3 Å². The molecule has 3 N–H and O–H groups in total. The molecule has 0 rings (SSSR count). The van der Waals surface area contributed by atoms with Crippen LogP contribution >= 0.6 is 15.6 Å². The second-order valence-corrected chi connectivity index (χ2v) is 33.5. The van der Waals surface area contributed by atoms with Crippen molar-refractivity contribution in [2.24, 2.45) is 17.8 Å². The van der Waals surface area contributed by atoms with E-state index in [1.165, 1.54) is 231 Å². The molecule has 0 amide bonds. The number of aliphatic hydroxyl groups is 1. The average Bonchev–Trinajstić information content (AvgIpc) is 1.01. The van der Waals surface area contributed by atoms with Crippen LogP contribution in [0.25, 0.3) is 0 Å². The lowest BCUT2D eigenvalue weighted by molar-refractivity contribution is -0.161. The number of carbonyl (C=O) groups is 4. The molecule has 0 aromatic heterocycles. The van der Waals surface area contributed by atoms with Gasteiger partial charge in [-0.2, -0.15) is 0 Å². The largest absolute Gasteiger partial charge is 0.472 e. The van der Waals surface area contributed by atoms with E-state index in [4.69, 9.17) is 37.0 Å². The standard InChI is InChI=1S/C81H158O17P2/c1-8-9-10-11-12-13-14-27-34-41-48-55-62-78(83)91-68-77(98-81(86)65-58-51-44-37-30-23-26-33-40-47-54-61-74(6)7)71-96-100(89,90)94-67-75(82)66-93-99(87,88)95-70-76(69-92-79(84)63-56-49-42-35-28-22-18-20-25-32-39-46-53-60-73(4)5)97-80(85)64-57-50-43-36-29-21-17-15-16-19-24-31-38-45-52-59-72(2)3/h72-77,82H,8-71H2,1-7H3,(H,87,88)(H,89,90)/t75-,76-,77-/m1/s1. The van der Waals surface area contributed by atoms with Crippen LogP contribution in [0.5, 0.6) is 0 Å². The summed E-state index contributed by atoms with van der Waals surface area (Å²) in [6.07, 6.45) is 59.5. The molecule has 2 unspecified atom stereocenters. The molecule has 17 nitrogen and oxygen atoms in total. The summed E-state index contributed by atoms with van der Waals surface area (Å²) in [6.45, 7) is 12.0. The van der Waals surface area contributed by atoms with Crippen molar-refractivity contribution in [2.45, 2.75) is 439 Å². The number of phosphoric acid groups is 2. The second kappa shape index (κ2) is 71.3. The van der Waals surface area contributed by atoms with Gasteiger partial charge >= 0.3 is 39.5 Å². The highest BCUT2D eigenvalue weighted by molar-refractivity contribution is 7.47. The minimum Gasteiger partial charge on any atom is -0.462 e. The summed E-state index contributed by atoms with van der Waals surface area (Å²) >= 11 is 0. The topological polar surface area (TPSA) is 237 Å². The fourth-order valence-electron chi connectivity index (χ4n) is 12.5. The summed E-state index contributed by atoms with van der Waals surface area (Å²) in [7, 11) is -9.92. The van der Waals surface area contributed by atoms with Crippen LogP contribution in [0.4, 0.5) is 0 Å². The van der Waals surface area contributed by atoms with Crippen molar-refractivity contribution in [3.63, 3.8) is 0 Å². The van der Waals surface area contributed by atoms with Gasteiger partial charge in [0.15, 0.2) is 12.2 Å². The first-order chi connectivity index (χ1) is 48.2. The SMILES string of the molecule is CCCCCCCCCCCCCCC(=O)OC[C@H](COP(=O)(O)OC[C@H](O)COP(=O)(O)OC[C@@H](COC(=O)CCCCCCCCCCCCCCCC(C)C)OC(=O)CCCCCCCCCCCCCCCCCC(C)C)OC(=O)CCCCCCCCCCCCCC(C)C. The third-order valence-corrected chi connectivity index (χ3v) is 20.8. The monoisotopic (exact) mass is 1470 g/mol. The van der Waals surface area contributed by atoms with E-state index in [2.05, 4.69) is 48.5 Å². The minimum absolute atomic E-state index is 0.107. The molecule has 0 aliphatic rings. The van der Waals surface area contributed by atoms with E-state index in [0.29, 0.717) is 25.7 Å². The van der Waals surface area contributed by atoms with Crippen molar-refractivity contribution in [3.05, 3.63) is 0 Å². The third-order valence-electron chi connectivity index (χ3n) is 18.9. The molecule has 0 saturated carbocycles. The Morgan fingerprint density at radius 1 is 0.270 bits per heavy atom. The van der Waals surface area contributed by atoms with Crippen LogP contribution in [0.2, 0.25) is 0 Å². The maximum absolute atomic E-state index is 13.1. The predicted molar refractivity (Wildman–Crippen MR) is 409 cm³/mol. The lowest BCUT2D eigenvalue weighted by atomic mass is 10.0. The molecule has 19 heteroatoms. The number of hydrogen-bond donors (Lipinski definition) is 3. The summed E-state index contributed by atoms with van der Waals surface area (Å²) in [6, 6.07) is 0. The first-order valence-electron chi connectivity index (χ1n) is 41.8. The fourth-order valence-corrected chi connectivity index (χ4v) is 14.1. The van der Waals surface area contributed by atoms with Crippen LogP contribution in [0.15, 0.2) is 0 Å². The number of hydrogen-bond acceptors (Lipinski definition) is 15. The molecular weight excluding hydrogens is 1310 g/mol. The van der Waals surface area contributed by atoms with Gasteiger partial charge in [0.25, 0.3) is 0 Å². The van der Waals surface area contributed by atoms with Gasteiger partial charge in [-0.15, -0.1) is 0 Å². The van der Waals surface area contributed by atoms with Crippen molar-refractivity contribution in [1.82, 2.24) is 0 Å². The van der Waals surface area contributed by atoms with Crippen LogP contribution in [0.3, 0.4) is 0 Å². The number of phosphoric ester groups is 2. The van der Waals surface area contributed by atoms with Gasteiger partial charge < -0.3 is 33.8 Å². The summed E-state index contributed by atoms with van der Waals surface area (Å²) in [4.78, 5) is 73.1. The molecule has 0 heterocycles. The molecule has 5 atom stereocenters. The number of rotatable bonds is 79. The molecule has 0 aromatic carbocycles. The summed E-state index contributed by atoms with van der Waals surface area (Å²) in [5.74, 6) is 0.250. The Morgan fingerprint density at radius 3 is 0.680 bits per heavy atom. The Hall–Kier alpha value is -1.94. The molecule has 0 aromatic rings. The van der Waals surface area contributed by atoms with Crippen LogP contribution in [-0.2, 0) is 65.4 Å². The fraction of sp³-hybridized carbons (Fsp3) is 0.951. The van der Waals surface area contributed by atoms with Gasteiger partial charge in [-0.05, 0) is 43.4 Å². The van der Waals surface area contributed by atoms with Gasteiger partial charge in [0, 0.05) is 25.7 Å². The zero-order chi connectivity index (χ0) is 73.7. The normalized spacial score (nSPS) is 14.0. The number of unbranched alkanes of at least 4 members (excludes halogenated alkanes) is 47. The zero-order valence-electron chi connectivity index (χ0n) is 65.7. The molecule has 0 bridgehead atoms. The van der Waals surface area contributed by atoms with Crippen molar-refractivity contribution in [1.29, 1.82) is 0 Å². The molecule has 594 valence electrons. The molecule has 0 saturated heterocycles. The Labute approximate surface area is 613 Å². The highest BCUT2D eigenvalue weighted by Crippen LogP contribution is 2.45. The van der Waals surface area contributed by atoms with E-state index in [9.17, 15) is 43.2 Å².